The summed E-state index contributed by atoms with van der Waals surface area (Å²) in [7, 11) is 0. The Morgan fingerprint density at radius 1 is 1.00 bits per heavy atom. The van der Waals surface area contributed by atoms with E-state index < -0.39 is 5.91 Å². The fourth-order valence-electron chi connectivity index (χ4n) is 2.42. The highest BCUT2D eigenvalue weighted by Gasteiger charge is 2.10. The number of nitriles is 1. The highest BCUT2D eigenvalue weighted by Crippen LogP contribution is 2.23. The predicted octanol–water partition coefficient (Wildman–Crippen LogP) is 5.90. The number of benzene rings is 3. The average molecular weight is 404 g/mol. The Labute approximate surface area is 174 Å². The summed E-state index contributed by atoms with van der Waals surface area (Å²) in [5.74, 6) is 0.847. The Hall–Kier alpha value is -3.75. The van der Waals surface area contributed by atoms with Gasteiger partial charge in [0, 0.05) is 22.6 Å². The summed E-state index contributed by atoms with van der Waals surface area (Å²) in [5.41, 5.74) is 2.11. The van der Waals surface area contributed by atoms with Gasteiger partial charge in [0.25, 0.3) is 5.91 Å². The lowest BCUT2D eigenvalue weighted by atomic mass is 10.2. The van der Waals surface area contributed by atoms with Crippen molar-refractivity contribution in [1.29, 1.82) is 5.26 Å². The van der Waals surface area contributed by atoms with Gasteiger partial charge in [0.2, 0.25) is 0 Å². The predicted molar refractivity (Wildman–Crippen MR) is 115 cm³/mol. The first-order valence-corrected chi connectivity index (χ1v) is 9.20. The number of amides is 1. The highest BCUT2D eigenvalue weighted by atomic mass is 35.5. The summed E-state index contributed by atoms with van der Waals surface area (Å²) in [6, 6.07) is 23.6. The Morgan fingerprint density at radius 3 is 2.31 bits per heavy atom. The van der Waals surface area contributed by atoms with Crippen molar-refractivity contribution >= 4 is 28.9 Å². The van der Waals surface area contributed by atoms with Gasteiger partial charge in [0.1, 0.15) is 23.1 Å². The molecule has 144 valence electrons. The van der Waals surface area contributed by atoms with Crippen LogP contribution >= 0.6 is 11.6 Å². The van der Waals surface area contributed by atoms with Crippen LogP contribution in [0.1, 0.15) is 5.56 Å². The molecule has 0 aliphatic carbocycles. The number of carbonyl (C=O) groups excluding carboxylic acids is 1. The molecule has 0 unspecified atom stereocenters. The number of para-hydroxylation sites is 1. The number of rotatable bonds is 6. The SMILES string of the molecule is Cc1ccc(N/C=C(/C#N)C(=O)Nc2ccc(Oc3ccccc3)cc2)cc1Cl. The number of aryl methyl sites for hydroxylation is 1. The molecule has 0 fully saturated rings. The van der Waals surface area contributed by atoms with Crippen LogP contribution in [0.15, 0.2) is 84.6 Å². The molecule has 0 spiro atoms. The van der Waals surface area contributed by atoms with Gasteiger partial charge in [0.15, 0.2) is 0 Å². The van der Waals surface area contributed by atoms with Crippen molar-refractivity contribution in [2.24, 2.45) is 0 Å². The molecule has 0 radical (unpaired) electrons. The Balaban J connectivity index is 1.63. The summed E-state index contributed by atoms with van der Waals surface area (Å²) in [5, 5.41) is 15.5. The number of carbonyl (C=O) groups is 1. The smallest absolute Gasteiger partial charge is 0.267 e. The van der Waals surface area contributed by atoms with Crippen LogP contribution in [0.3, 0.4) is 0 Å². The fourth-order valence-corrected chi connectivity index (χ4v) is 2.60. The van der Waals surface area contributed by atoms with Crippen molar-refractivity contribution in [3.8, 4) is 17.6 Å². The second kappa shape index (κ2) is 9.45. The Morgan fingerprint density at radius 2 is 1.66 bits per heavy atom. The lowest BCUT2D eigenvalue weighted by Crippen LogP contribution is -2.14. The Kier molecular flexibility index (Phi) is 6.51. The van der Waals surface area contributed by atoms with Crippen LogP contribution in [0, 0.1) is 18.3 Å². The molecule has 3 rings (SSSR count). The van der Waals surface area contributed by atoms with Crippen LogP contribution in [0.5, 0.6) is 11.5 Å². The summed E-state index contributed by atoms with van der Waals surface area (Å²) in [6.07, 6.45) is 1.35. The van der Waals surface area contributed by atoms with Crippen molar-refractivity contribution in [3.05, 3.63) is 95.2 Å². The zero-order valence-corrected chi connectivity index (χ0v) is 16.4. The zero-order valence-electron chi connectivity index (χ0n) is 15.6. The number of hydrogen-bond donors (Lipinski definition) is 2. The summed E-state index contributed by atoms with van der Waals surface area (Å²) in [6.45, 7) is 1.90. The molecule has 0 aliphatic heterocycles. The first kappa shape index (κ1) is 20.0. The van der Waals surface area contributed by atoms with Gasteiger partial charge in [-0.1, -0.05) is 35.9 Å². The largest absolute Gasteiger partial charge is 0.457 e. The quantitative estimate of drug-likeness (QED) is 0.397. The molecule has 0 bridgehead atoms. The van der Waals surface area contributed by atoms with E-state index in [1.54, 1.807) is 30.3 Å². The molecule has 0 aromatic heterocycles. The molecule has 6 heteroatoms. The van der Waals surface area contributed by atoms with E-state index in [4.69, 9.17) is 16.3 Å². The van der Waals surface area contributed by atoms with Gasteiger partial charge in [-0.25, -0.2) is 0 Å². The molecule has 3 aromatic rings. The van der Waals surface area contributed by atoms with Gasteiger partial charge in [0.05, 0.1) is 0 Å². The molecule has 29 heavy (non-hydrogen) atoms. The van der Waals surface area contributed by atoms with Gasteiger partial charge in [-0.15, -0.1) is 0 Å². The monoisotopic (exact) mass is 403 g/mol. The number of nitrogens with one attached hydrogen (secondary N) is 2. The average Bonchev–Trinajstić information content (AvgIpc) is 2.73. The Bertz CT molecular complexity index is 1070. The highest BCUT2D eigenvalue weighted by molar-refractivity contribution is 6.31. The molecule has 1 amide bonds. The van der Waals surface area contributed by atoms with Crippen LogP contribution in [0.4, 0.5) is 11.4 Å². The van der Waals surface area contributed by atoms with Crippen molar-refractivity contribution < 1.29 is 9.53 Å². The number of hydrogen-bond acceptors (Lipinski definition) is 4. The van der Waals surface area contributed by atoms with Gasteiger partial charge in [-0.3, -0.25) is 4.79 Å². The van der Waals surface area contributed by atoms with E-state index in [0.717, 1.165) is 11.3 Å². The minimum absolute atomic E-state index is 0.0636. The maximum Gasteiger partial charge on any atom is 0.267 e. The minimum atomic E-state index is -0.519. The van der Waals surface area contributed by atoms with Gasteiger partial charge in [-0.2, -0.15) is 5.26 Å². The second-order valence-corrected chi connectivity index (χ2v) is 6.58. The summed E-state index contributed by atoms with van der Waals surface area (Å²) >= 11 is 6.08. The van der Waals surface area contributed by atoms with Gasteiger partial charge in [-0.05, 0) is 61.0 Å². The topological polar surface area (TPSA) is 74.2 Å². The van der Waals surface area contributed by atoms with Crippen LogP contribution < -0.4 is 15.4 Å². The summed E-state index contributed by atoms with van der Waals surface area (Å²) in [4.78, 5) is 12.4. The normalized spacial score (nSPS) is 10.7. The first-order chi connectivity index (χ1) is 14.0. The van der Waals surface area contributed by atoms with E-state index in [-0.39, 0.29) is 5.57 Å². The lowest BCUT2D eigenvalue weighted by Gasteiger charge is -2.08. The first-order valence-electron chi connectivity index (χ1n) is 8.82. The van der Waals surface area contributed by atoms with E-state index in [9.17, 15) is 10.1 Å². The molecule has 2 N–H and O–H groups in total. The molecule has 0 saturated carbocycles. The molecular weight excluding hydrogens is 386 g/mol. The maximum absolute atomic E-state index is 12.4. The van der Waals surface area contributed by atoms with Crippen molar-refractivity contribution in [3.63, 3.8) is 0 Å². The van der Waals surface area contributed by atoms with Crippen LogP contribution in [-0.4, -0.2) is 5.91 Å². The fraction of sp³-hybridized carbons (Fsp3) is 0.0435. The molecule has 0 aliphatic rings. The van der Waals surface area contributed by atoms with Crippen molar-refractivity contribution in [2.45, 2.75) is 6.92 Å². The lowest BCUT2D eigenvalue weighted by molar-refractivity contribution is -0.112. The number of anilines is 2. The van der Waals surface area contributed by atoms with Crippen molar-refractivity contribution in [2.75, 3.05) is 10.6 Å². The van der Waals surface area contributed by atoms with E-state index in [1.165, 1.54) is 6.20 Å². The van der Waals surface area contributed by atoms with Gasteiger partial charge >= 0.3 is 0 Å². The van der Waals surface area contributed by atoms with Gasteiger partial charge < -0.3 is 15.4 Å². The van der Waals surface area contributed by atoms with E-state index in [0.29, 0.717) is 22.1 Å². The molecule has 0 heterocycles. The third kappa shape index (κ3) is 5.61. The van der Waals surface area contributed by atoms with E-state index >= 15 is 0 Å². The third-order valence-corrected chi connectivity index (χ3v) is 4.42. The zero-order chi connectivity index (χ0) is 20.6. The second-order valence-electron chi connectivity index (χ2n) is 6.17. The van der Waals surface area contributed by atoms with E-state index in [2.05, 4.69) is 10.6 Å². The summed E-state index contributed by atoms with van der Waals surface area (Å²) < 4.78 is 5.72. The molecule has 5 nitrogen and oxygen atoms in total. The number of ether oxygens (including phenoxy) is 1. The van der Waals surface area contributed by atoms with Crippen LogP contribution in [0.25, 0.3) is 0 Å². The molecule has 0 saturated heterocycles. The molecule has 0 atom stereocenters. The van der Waals surface area contributed by atoms with Crippen molar-refractivity contribution in [1.82, 2.24) is 0 Å². The van der Waals surface area contributed by atoms with Crippen LogP contribution in [0.2, 0.25) is 5.02 Å². The third-order valence-electron chi connectivity index (χ3n) is 4.01. The maximum atomic E-state index is 12.4. The van der Waals surface area contributed by atoms with Crippen LogP contribution in [-0.2, 0) is 4.79 Å². The van der Waals surface area contributed by atoms with E-state index in [1.807, 2.05) is 55.5 Å². The standard InChI is InChI=1S/C23H18ClN3O2/c1-16-7-8-19(13-22(16)24)26-15-17(14-25)23(28)27-18-9-11-21(12-10-18)29-20-5-3-2-4-6-20/h2-13,15,26H,1H3,(H,27,28)/b17-15-. The number of halogens is 1. The number of nitrogens with zero attached hydrogens (tertiary/aromatic N) is 1. The molecule has 3 aromatic carbocycles. The minimum Gasteiger partial charge on any atom is -0.457 e. The molecular formula is C23H18ClN3O2.